The van der Waals surface area contributed by atoms with E-state index in [9.17, 15) is 9.59 Å². The van der Waals surface area contributed by atoms with E-state index in [1.54, 1.807) is 12.5 Å². The van der Waals surface area contributed by atoms with E-state index in [-0.39, 0.29) is 0 Å². The fourth-order valence-electron chi connectivity index (χ4n) is 0.719. The van der Waals surface area contributed by atoms with Crippen LogP contribution in [0.25, 0.3) is 0 Å². The molecule has 0 saturated heterocycles. The van der Waals surface area contributed by atoms with Gasteiger partial charge in [-0.05, 0) is 6.54 Å². The molecule has 7 heteroatoms. The average molecular weight is 227 g/mol. The number of aromatic amines is 1. The third-order valence-corrected chi connectivity index (χ3v) is 1.34. The maximum atomic E-state index is 9.55. The van der Waals surface area contributed by atoms with Crippen LogP contribution in [0.3, 0.4) is 0 Å². The summed E-state index contributed by atoms with van der Waals surface area (Å²) in [6, 6.07) is 0. The lowest BCUT2D eigenvalue weighted by atomic mass is 10.3. The number of carboxylic acid groups (broad SMARTS) is 2. The van der Waals surface area contributed by atoms with Gasteiger partial charge in [-0.2, -0.15) is 0 Å². The summed E-state index contributed by atoms with van der Waals surface area (Å²) in [6.07, 6.45) is 5.45. The third kappa shape index (κ3) is 8.45. The van der Waals surface area contributed by atoms with Crippen molar-refractivity contribution in [1.82, 2.24) is 9.97 Å². The molecule has 0 aliphatic carbocycles. The van der Waals surface area contributed by atoms with Gasteiger partial charge >= 0.3 is 11.9 Å². The van der Waals surface area contributed by atoms with Crippen molar-refractivity contribution in [1.29, 1.82) is 0 Å². The maximum Gasteiger partial charge on any atom is 0.328 e. The normalized spacial score (nSPS) is 9.56. The average Bonchev–Trinajstić information content (AvgIpc) is 2.69. The van der Waals surface area contributed by atoms with Crippen LogP contribution in [0.4, 0.5) is 0 Å². The Bertz CT molecular complexity index is 330. The summed E-state index contributed by atoms with van der Waals surface area (Å²) < 4.78 is 0. The zero-order valence-corrected chi connectivity index (χ0v) is 8.46. The number of hydrogen-bond donors (Lipinski definition) is 4. The monoisotopic (exact) mass is 227 g/mol. The van der Waals surface area contributed by atoms with Crippen LogP contribution in [0.2, 0.25) is 0 Å². The smallest absolute Gasteiger partial charge is 0.328 e. The molecule has 88 valence electrons. The molecule has 0 saturated carbocycles. The molecule has 0 amide bonds. The van der Waals surface area contributed by atoms with Crippen LogP contribution in [-0.4, -0.2) is 38.7 Å². The highest BCUT2D eigenvalue weighted by Gasteiger charge is 1.88. The van der Waals surface area contributed by atoms with Gasteiger partial charge in [0.05, 0.1) is 6.33 Å². The number of carbonyl (C=O) groups is 2. The number of aromatic nitrogens is 2. The lowest BCUT2D eigenvalue weighted by molar-refractivity contribution is -0.134. The molecule has 0 atom stereocenters. The molecule has 5 N–H and O–H groups in total. The van der Waals surface area contributed by atoms with Gasteiger partial charge in [-0.15, -0.1) is 0 Å². The number of rotatable bonds is 4. The molecule has 0 unspecified atom stereocenters. The van der Waals surface area contributed by atoms with Gasteiger partial charge in [0.25, 0.3) is 0 Å². The molecule has 0 bridgehead atoms. The van der Waals surface area contributed by atoms with Crippen LogP contribution >= 0.6 is 0 Å². The number of H-pyrrole nitrogens is 1. The topological polar surface area (TPSA) is 129 Å². The number of nitrogens with zero attached hydrogens (tertiary/aromatic N) is 1. The molecule has 0 aromatic carbocycles. The van der Waals surface area contributed by atoms with E-state index in [0.717, 1.165) is 12.1 Å². The van der Waals surface area contributed by atoms with E-state index >= 15 is 0 Å². The molecule has 0 radical (unpaired) electrons. The van der Waals surface area contributed by atoms with Gasteiger partial charge in [0.15, 0.2) is 0 Å². The van der Waals surface area contributed by atoms with Crippen LogP contribution in [-0.2, 0) is 16.0 Å². The number of nitrogens with two attached hydrogens (primary N) is 1. The second-order valence-corrected chi connectivity index (χ2v) is 2.63. The third-order valence-electron chi connectivity index (χ3n) is 1.34. The number of hydrogen-bond acceptors (Lipinski definition) is 4. The predicted octanol–water partition coefficient (Wildman–Crippen LogP) is -0.377. The highest BCUT2D eigenvalue weighted by molar-refractivity contribution is 5.89. The van der Waals surface area contributed by atoms with Crippen LogP contribution < -0.4 is 5.73 Å². The Hall–Kier alpha value is -2.15. The van der Waals surface area contributed by atoms with Crippen molar-refractivity contribution in [3.63, 3.8) is 0 Å². The molecule has 7 nitrogen and oxygen atoms in total. The first-order valence-electron chi connectivity index (χ1n) is 4.37. The van der Waals surface area contributed by atoms with Gasteiger partial charge in [-0.1, -0.05) is 0 Å². The minimum Gasteiger partial charge on any atom is -0.478 e. The van der Waals surface area contributed by atoms with E-state index in [2.05, 4.69) is 9.97 Å². The van der Waals surface area contributed by atoms with Crippen molar-refractivity contribution in [3.8, 4) is 0 Å². The number of nitrogens with one attached hydrogen (secondary N) is 1. The van der Waals surface area contributed by atoms with Crippen molar-refractivity contribution in [2.45, 2.75) is 6.42 Å². The Morgan fingerprint density at radius 2 is 1.94 bits per heavy atom. The highest BCUT2D eigenvalue weighted by Crippen LogP contribution is 1.88. The van der Waals surface area contributed by atoms with E-state index in [1.807, 2.05) is 0 Å². The van der Waals surface area contributed by atoms with Crippen LogP contribution in [0, 0.1) is 0 Å². The van der Waals surface area contributed by atoms with E-state index < -0.39 is 11.9 Å². The van der Waals surface area contributed by atoms with Gasteiger partial charge in [0, 0.05) is 30.5 Å². The molecule has 0 aliphatic rings. The van der Waals surface area contributed by atoms with E-state index in [1.165, 1.54) is 0 Å². The summed E-state index contributed by atoms with van der Waals surface area (Å²) in [7, 11) is 0. The van der Waals surface area contributed by atoms with Crippen molar-refractivity contribution < 1.29 is 19.8 Å². The predicted molar refractivity (Wildman–Crippen MR) is 55.8 cm³/mol. The Kier molecular flexibility index (Phi) is 7.08. The van der Waals surface area contributed by atoms with Gasteiger partial charge in [0.2, 0.25) is 0 Å². The lowest BCUT2D eigenvalue weighted by Crippen LogP contribution is -2.02. The van der Waals surface area contributed by atoms with E-state index in [4.69, 9.17) is 15.9 Å². The fourth-order valence-corrected chi connectivity index (χ4v) is 0.719. The summed E-state index contributed by atoms with van der Waals surface area (Å²) in [6.45, 7) is 0.683. The number of aliphatic carboxylic acids is 2. The standard InChI is InChI=1S/C5H9N3.C4H4O4/c6-2-1-5-3-7-4-8-5;5-3(6)1-2-4(7)8/h3-4H,1-2,6H2,(H,7,8);1-2H,(H,5,6)(H,7,8)/b;2-1-. The van der Waals surface area contributed by atoms with E-state index in [0.29, 0.717) is 18.7 Å². The molecule has 0 fully saturated rings. The Morgan fingerprint density at radius 3 is 2.25 bits per heavy atom. The molecule has 1 rings (SSSR count). The molecule has 0 spiro atoms. The Labute approximate surface area is 91.6 Å². The first-order chi connectivity index (χ1) is 7.56. The molecular weight excluding hydrogens is 214 g/mol. The largest absolute Gasteiger partial charge is 0.478 e. The fraction of sp³-hybridized carbons (Fsp3) is 0.222. The van der Waals surface area contributed by atoms with Gasteiger partial charge in [-0.25, -0.2) is 14.6 Å². The minimum absolute atomic E-state index is 0.558. The van der Waals surface area contributed by atoms with Crippen LogP contribution in [0.15, 0.2) is 24.7 Å². The van der Waals surface area contributed by atoms with Gasteiger partial charge in [-0.3, -0.25) is 0 Å². The Balaban J connectivity index is 0.000000281. The lowest BCUT2D eigenvalue weighted by Gasteiger charge is -1.86. The molecule has 1 aromatic heterocycles. The maximum absolute atomic E-state index is 9.55. The van der Waals surface area contributed by atoms with Crippen LogP contribution in [0.5, 0.6) is 0 Å². The second kappa shape index (κ2) is 8.18. The molecule has 1 heterocycles. The van der Waals surface area contributed by atoms with Crippen molar-refractivity contribution in [2.75, 3.05) is 6.54 Å². The highest BCUT2D eigenvalue weighted by atomic mass is 16.4. The molecule has 16 heavy (non-hydrogen) atoms. The quantitative estimate of drug-likeness (QED) is 0.519. The zero-order chi connectivity index (χ0) is 12.4. The summed E-state index contributed by atoms with van der Waals surface area (Å²) in [4.78, 5) is 25.9. The zero-order valence-electron chi connectivity index (χ0n) is 8.46. The first kappa shape index (κ1) is 13.8. The van der Waals surface area contributed by atoms with Gasteiger partial charge in [0.1, 0.15) is 0 Å². The van der Waals surface area contributed by atoms with Crippen molar-refractivity contribution in [3.05, 3.63) is 30.4 Å². The number of carboxylic acids is 2. The molecule has 0 aliphatic heterocycles. The van der Waals surface area contributed by atoms with Crippen LogP contribution in [0.1, 0.15) is 5.69 Å². The van der Waals surface area contributed by atoms with Gasteiger partial charge < -0.3 is 20.9 Å². The second-order valence-electron chi connectivity index (χ2n) is 2.63. The van der Waals surface area contributed by atoms with Crippen molar-refractivity contribution >= 4 is 11.9 Å². The number of imidazole rings is 1. The SMILES string of the molecule is NCCc1cnc[nH]1.O=C(O)/C=C\C(=O)O. The summed E-state index contributed by atoms with van der Waals surface area (Å²) in [5.74, 6) is -2.51. The summed E-state index contributed by atoms with van der Waals surface area (Å²) >= 11 is 0. The minimum atomic E-state index is -1.26. The molecule has 1 aromatic rings. The Morgan fingerprint density at radius 1 is 1.38 bits per heavy atom. The van der Waals surface area contributed by atoms with Crippen molar-refractivity contribution in [2.24, 2.45) is 5.73 Å². The molecular formula is C9H13N3O4. The first-order valence-corrected chi connectivity index (χ1v) is 4.37. The summed E-state index contributed by atoms with van der Waals surface area (Å²) in [5.41, 5.74) is 6.38. The summed E-state index contributed by atoms with van der Waals surface area (Å²) in [5, 5.41) is 15.6.